The summed E-state index contributed by atoms with van der Waals surface area (Å²) in [6, 6.07) is 19.0. The van der Waals surface area contributed by atoms with E-state index in [1.807, 2.05) is 50.4 Å². The number of benzene rings is 2. The van der Waals surface area contributed by atoms with Gasteiger partial charge in [0.2, 0.25) is 0 Å². The number of carbonyl (C=O) groups is 2. The lowest BCUT2D eigenvalue weighted by Gasteiger charge is -2.08. The van der Waals surface area contributed by atoms with Gasteiger partial charge >= 0.3 is 0 Å². The fourth-order valence-electron chi connectivity index (χ4n) is 4.91. The molecule has 6 heteroatoms. The average molecular weight is 530 g/mol. The van der Waals surface area contributed by atoms with E-state index in [-0.39, 0.29) is 11.7 Å². The summed E-state index contributed by atoms with van der Waals surface area (Å²) >= 11 is 6.02. The van der Waals surface area contributed by atoms with Gasteiger partial charge in [-0.1, -0.05) is 48.6 Å². The third-order valence-electron chi connectivity index (χ3n) is 7.00. The van der Waals surface area contributed by atoms with Gasteiger partial charge in [0.25, 0.3) is 5.91 Å². The van der Waals surface area contributed by atoms with Crippen LogP contribution >= 0.6 is 11.6 Å². The van der Waals surface area contributed by atoms with Crippen molar-refractivity contribution in [2.75, 3.05) is 6.54 Å². The Morgan fingerprint density at radius 3 is 2.45 bits per heavy atom. The third-order valence-corrected chi connectivity index (χ3v) is 7.25. The Balaban J connectivity index is 1.28. The number of Topliss-reactive ketones (excluding diaryl/α,β-unsaturated/α-hetero) is 1. The van der Waals surface area contributed by atoms with E-state index in [2.05, 4.69) is 16.4 Å². The van der Waals surface area contributed by atoms with E-state index < -0.39 is 0 Å². The summed E-state index contributed by atoms with van der Waals surface area (Å²) in [6.45, 7) is 5.75. The standard InChI is InChI=1S/C32H36ClN3O2/c1-23-12-17-31-30(20-23)29(24(2)36(31)32(38)25-13-15-26(33)16-14-25)21-28(37)11-6-4-3-5-8-18-34-22-27-10-7-9-19-35-27/h7,9-10,12-17,19-20,34H,3-6,8,11,18,21-22H2,1-2H3. The molecule has 0 bridgehead atoms. The van der Waals surface area contributed by atoms with Crippen LogP contribution in [-0.4, -0.2) is 27.8 Å². The van der Waals surface area contributed by atoms with Gasteiger partial charge in [0.1, 0.15) is 5.78 Å². The van der Waals surface area contributed by atoms with Crippen molar-refractivity contribution in [1.29, 1.82) is 0 Å². The van der Waals surface area contributed by atoms with Crippen molar-refractivity contribution >= 4 is 34.2 Å². The molecule has 2 heterocycles. The minimum Gasteiger partial charge on any atom is -0.311 e. The van der Waals surface area contributed by atoms with E-state index in [1.54, 1.807) is 28.8 Å². The second-order valence-electron chi connectivity index (χ2n) is 9.96. The lowest BCUT2D eigenvalue weighted by atomic mass is 10.0. The number of ketones is 1. The first-order valence-electron chi connectivity index (χ1n) is 13.5. The zero-order valence-corrected chi connectivity index (χ0v) is 23.1. The first-order valence-corrected chi connectivity index (χ1v) is 13.8. The Morgan fingerprint density at radius 2 is 1.68 bits per heavy atom. The summed E-state index contributed by atoms with van der Waals surface area (Å²) in [6.07, 6.45) is 8.11. The van der Waals surface area contributed by atoms with Gasteiger partial charge in [-0.25, -0.2) is 0 Å². The summed E-state index contributed by atoms with van der Waals surface area (Å²) in [5.74, 6) is 0.117. The van der Waals surface area contributed by atoms with Crippen LogP contribution in [0.4, 0.5) is 0 Å². The van der Waals surface area contributed by atoms with Gasteiger partial charge in [-0.3, -0.25) is 19.1 Å². The van der Waals surface area contributed by atoms with E-state index >= 15 is 0 Å². The summed E-state index contributed by atoms with van der Waals surface area (Å²) in [4.78, 5) is 30.7. The number of hydrogen-bond donors (Lipinski definition) is 1. The molecule has 0 atom stereocenters. The number of rotatable bonds is 13. The maximum Gasteiger partial charge on any atom is 0.262 e. The van der Waals surface area contributed by atoms with Crippen molar-refractivity contribution < 1.29 is 9.59 Å². The van der Waals surface area contributed by atoms with Crippen LogP contribution in [0.3, 0.4) is 0 Å². The summed E-state index contributed by atoms with van der Waals surface area (Å²) in [7, 11) is 0. The molecule has 0 unspecified atom stereocenters. The summed E-state index contributed by atoms with van der Waals surface area (Å²) in [5.41, 5.74) is 5.37. The van der Waals surface area contributed by atoms with Crippen molar-refractivity contribution in [1.82, 2.24) is 14.9 Å². The Kier molecular flexibility index (Phi) is 9.85. The highest BCUT2D eigenvalue weighted by molar-refractivity contribution is 6.30. The molecule has 2 aromatic heterocycles. The molecule has 0 aliphatic rings. The number of aromatic nitrogens is 2. The fourth-order valence-corrected chi connectivity index (χ4v) is 5.04. The van der Waals surface area contributed by atoms with Crippen LogP contribution in [0.5, 0.6) is 0 Å². The van der Waals surface area contributed by atoms with Gasteiger partial charge < -0.3 is 5.32 Å². The van der Waals surface area contributed by atoms with Gasteiger partial charge in [0.05, 0.1) is 11.2 Å². The highest BCUT2D eigenvalue weighted by atomic mass is 35.5. The Hall–Kier alpha value is -3.28. The van der Waals surface area contributed by atoms with Crippen LogP contribution in [0.15, 0.2) is 66.9 Å². The van der Waals surface area contributed by atoms with Crippen LogP contribution in [0.25, 0.3) is 10.9 Å². The second-order valence-corrected chi connectivity index (χ2v) is 10.4. The number of carbonyl (C=O) groups excluding carboxylic acids is 2. The zero-order chi connectivity index (χ0) is 26.9. The van der Waals surface area contributed by atoms with Crippen molar-refractivity contribution in [3.8, 4) is 0 Å². The van der Waals surface area contributed by atoms with Crippen LogP contribution in [0.2, 0.25) is 5.02 Å². The summed E-state index contributed by atoms with van der Waals surface area (Å²) in [5, 5.41) is 5.01. The fraction of sp³-hybridized carbons (Fsp3) is 0.344. The SMILES string of the molecule is Cc1ccc2c(c1)c(CC(=O)CCCCCCCNCc1ccccn1)c(C)n2C(=O)c1ccc(Cl)cc1. The molecule has 0 aliphatic carbocycles. The number of fused-ring (bicyclic) bond motifs is 1. The second kappa shape index (κ2) is 13.5. The van der Waals surface area contributed by atoms with Crippen molar-refractivity contribution in [3.05, 3.63) is 100.0 Å². The summed E-state index contributed by atoms with van der Waals surface area (Å²) < 4.78 is 1.74. The molecule has 38 heavy (non-hydrogen) atoms. The number of aryl methyl sites for hydroxylation is 1. The number of nitrogens with one attached hydrogen (secondary N) is 1. The van der Waals surface area contributed by atoms with Crippen LogP contribution in [-0.2, 0) is 17.8 Å². The van der Waals surface area contributed by atoms with Crippen LogP contribution in [0, 0.1) is 13.8 Å². The maximum absolute atomic E-state index is 13.4. The minimum atomic E-state index is -0.110. The Bertz CT molecular complexity index is 1380. The molecule has 0 spiro atoms. The topological polar surface area (TPSA) is 64.0 Å². The molecule has 198 valence electrons. The quantitative estimate of drug-likeness (QED) is 0.185. The number of unbranched alkanes of at least 4 members (excludes halogenated alkanes) is 4. The van der Waals surface area contributed by atoms with Crippen LogP contribution < -0.4 is 5.32 Å². The molecule has 0 amide bonds. The first-order chi connectivity index (χ1) is 18.4. The van der Waals surface area contributed by atoms with Gasteiger partial charge in [0, 0.05) is 47.2 Å². The van der Waals surface area contributed by atoms with E-state index in [1.165, 1.54) is 0 Å². The molecule has 5 nitrogen and oxygen atoms in total. The molecule has 0 saturated heterocycles. The van der Waals surface area contributed by atoms with Gasteiger partial charge in [-0.15, -0.1) is 0 Å². The smallest absolute Gasteiger partial charge is 0.262 e. The average Bonchev–Trinajstić information content (AvgIpc) is 3.18. The van der Waals surface area contributed by atoms with Gasteiger partial charge in [-0.05, 0) is 87.3 Å². The van der Waals surface area contributed by atoms with Crippen LogP contribution in [0.1, 0.15) is 71.4 Å². The predicted molar refractivity (Wildman–Crippen MR) is 155 cm³/mol. The third kappa shape index (κ3) is 7.18. The number of pyridine rings is 1. The Labute approximate surface area is 230 Å². The molecule has 1 N–H and O–H groups in total. The van der Waals surface area contributed by atoms with E-state index in [0.29, 0.717) is 23.4 Å². The van der Waals surface area contributed by atoms with E-state index in [9.17, 15) is 9.59 Å². The molecule has 2 aromatic carbocycles. The molecule has 0 aliphatic heterocycles. The van der Waals surface area contributed by atoms with Crippen molar-refractivity contribution in [3.63, 3.8) is 0 Å². The molecular formula is C32H36ClN3O2. The van der Waals surface area contributed by atoms with Gasteiger partial charge in [0.15, 0.2) is 0 Å². The van der Waals surface area contributed by atoms with Crippen molar-refractivity contribution in [2.24, 2.45) is 0 Å². The number of halogens is 1. The lowest BCUT2D eigenvalue weighted by molar-refractivity contribution is -0.118. The number of nitrogens with zero attached hydrogens (tertiary/aromatic N) is 2. The lowest BCUT2D eigenvalue weighted by Crippen LogP contribution is -2.15. The van der Waals surface area contributed by atoms with Crippen molar-refractivity contribution in [2.45, 2.75) is 65.3 Å². The largest absolute Gasteiger partial charge is 0.311 e. The zero-order valence-electron chi connectivity index (χ0n) is 22.3. The molecule has 4 aromatic rings. The van der Waals surface area contributed by atoms with E-state index in [4.69, 9.17) is 11.6 Å². The highest BCUT2D eigenvalue weighted by Gasteiger charge is 2.21. The molecule has 0 fully saturated rings. The molecular weight excluding hydrogens is 494 g/mol. The monoisotopic (exact) mass is 529 g/mol. The maximum atomic E-state index is 13.4. The normalized spacial score (nSPS) is 11.2. The molecule has 0 radical (unpaired) electrons. The number of hydrogen-bond acceptors (Lipinski definition) is 4. The van der Waals surface area contributed by atoms with Gasteiger partial charge in [-0.2, -0.15) is 0 Å². The first kappa shape index (κ1) is 27.7. The predicted octanol–water partition coefficient (Wildman–Crippen LogP) is 7.24. The van der Waals surface area contributed by atoms with E-state index in [0.717, 1.165) is 78.6 Å². The molecule has 4 rings (SSSR count). The molecule has 0 saturated carbocycles. The Morgan fingerprint density at radius 1 is 0.921 bits per heavy atom. The minimum absolute atomic E-state index is 0.110. The highest BCUT2D eigenvalue weighted by Crippen LogP contribution is 2.29.